The van der Waals surface area contributed by atoms with Gasteiger partial charge >= 0.3 is 6.09 Å². The van der Waals surface area contributed by atoms with E-state index in [1.807, 2.05) is 0 Å². The lowest BCUT2D eigenvalue weighted by molar-refractivity contribution is -0.126. The summed E-state index contributed by atoms with van der Waals surface area (Å²) in [5.74, 6) is 0. The zero-order chi connectivity index (χ0) is 6.99. The quantitative estimate of drug-likeness (QED) is 0.454. The molecule has 0 aliphatic heterocycles. The van der Waals surface area contributed by atoms with Crippen LogP contribution in [0, 0.1) is 0 Å². The fourth-order valence-electron chi connectivity index (χ4n) is 0. The summed E-state index contributed by atoms with van der Waals surface area (Å²) >= 11 is 0. The molecule has 0 fully saturated rings. The van der Waals surface area contributed by atoms with Crippen molar-refractivity contribution in [2.75, 3.05) is 7.11 Å². The Balaban J connectivity index is 0. The summed E-state index contributed by atoms with van der Waals surface area (Å²) in [6.07, 6.45) is -1.33. The van der Waals surface area contributed by atoms with E-state index < -0.39 is 6.09 Å². The Bertz CT molecular complexity index is 67.7. The summed E-state index contributed by atoms with van der Waals surface area (Å²) in [5, 5.41) is 7.19. The van der Waals surface area contributed by atoms with Gasteiger partial charge in [0.2, 0.25) is 0 Å². The van der Waals surface area contributed by atoms with E-state index in [2.05, 4.69) is 10.5 Å². The molecular formula is C3H7NO4. The van der Waals surface area contributed by atoms with Crippen LogP contribution in [0.15, 0.2) is 0 Å². The molecule has 5 heteroatoms. The first-order chi connectivity index (χ1) is 3.65. The second-order valence-electron chi connectivity index (χ2n) is 0.670. The number of carboxylic acid groups (broad SMARTS) is 1. The van der Waals surface area contributed by atoms with Crippen LogP contribution in [-0.2, 0) is 9.53 Å². The maximum atomic E-state index is 8.95. The Morgan fingerprint density at radius 2 is 2.00 bits per heavy atom. The van der Waals surface area contributed by atoms with Crippen molar-refractivity contribution in [2.24, 2.45) is 5.73 Å². The maximum absolute atomic E-state index is 8.95. The molecule has 0 saturated heterocycles. The monoisotopic (exact) mass is 121 g/mol. The first kappa shape index (κ1) is 9.88. The van der Waals surface area contributed by atoms with Gasteiger partial charge in [0.1, 0.15) is 0 Å². The number of ether oxygens (including phenoxy) is 1. The van der Waals surface area contributed by atoms with Gasteiger partial charge in [-0.15, -0.1) is 0 Å². The Morgan fingerprint density at radius 3 is 2.00 bits per heavy atom. The summed E-state index contributed by atoms with van der Waals surface area (Å²) in [6.45, 7) is 0.375. The molecule has 0 radical (unpaired) electrons. The highest BCUT2D eigenvalue weighted by atomic mass is 16.5. The summed E-state index contributed by atoms with van der Waals surface area (Å²) in [6, 6.07) is 0. The van der Waals surface area contributed by atoms with Crippen LogP contribution in [0.5, 0.6) is 0 Å². The van der Waals surface area contributed by atoms with Gasteiger partial charge in [0, 0.05) is 0 Å². The SMILES string of the molecule is COC=O.NC(=O)O. The number of nitrogens with two attached hydrogens (primary N) is 1. The molecule has 0 aromatic heterocycles. The molecular weight excluding hydrogens is 114 g/mol. The van der Waals surface area contributed by atoms with Crippen molar-refractivity contribution < 1.29 is 19.4 Å². The summed E-state index contributed by atoms with van der Waals surface area (Å²) < 4.78 is 3.86. The predicted octanol–water partition coefficient (Wildman–Crippen LogP) is -0.588. The van der Waals surface area contributed by atoms with Crippen molar-refractivity contribution in [1.82, 2.24) is 0 Å². The highest BCUT2D eigenvalue weighted by molar-refractivity contribution is 5.61. The van der Waals surface area contributed by atoms with Gasteiger partial charge in [-0.05, 0) is 0 Å². The average Bonchev–Trinajstić information content (AvgIpc) is 1.65. The third-order valence-electron chi connectivity index (χ3n) is 0.0962. The van der Waals surface area contributed by atoms with Crippen molar-refractivity contribution in [2.45, 2.75) is 0 Å². The van der Waals surface area contributed by atoms with E-state index in [-0.39, 0.29) is 0 Å². The minimum absolute atomic E-state index is 0.375. The summed E-state index contributed by atoms with van der Waals surface area (Å²) in [4.78, 5) is 17.7. The molecule has 0 spiro atoms. The molecule has 0 aliphatic carbocycles. The lowest BCUT2D eigenvalue weighted by Gasteiger charge is -1.67. The second-order valence-corrected chi connectivity index (χ2v) is 0.670. The van der Waals surface area contributed by atoms with Gasteiger partial charge in [-0.25, -0.2) is 4.79 Å². The molecule has 0 rings (SSSR count). The van der Waals surface area contributed by atoms with Crippen LogP contribution >= 0.6 is 0 Å². The number of rotatable bonds is 1. The number of methoxy groups -OCH3 is 1. The Kier molecular flexibility index (Phi) is 11.4. The van der Waals surface area contributed by atoms with E-state index in [0.29, 0.717) is 6.47 Å². The number of hydrogen-bond acceptors (Lipinski definition) is 3. The van der Waals surface area contributed by atoms with Gasteiger partial charge in [0.25, 0.3) is 6.47 Å². The molecule has 0 bridgehead atoms. The number of amides is 1. The summed E-state index contributed by atoms with van der Waals surface area (Å²) in [5.41, 5.74) is 4.03. The number of primary amides is 1. The normalized spacial score (nSPS) is 5.62. The smallest absolute Gasteiger partial charge is 0.402 e. The molecule has 0 atom stereocenters. The van der Waals surface area contributed by atoms with Gasteiger partial charge in [-0.2, -0.15) is 0 Å². The largest absolute Gasteiger partial charge is 0.471 e. The van der Waals surface area contributed by atoms with Crippen molar-refractivity contribution in [3.05, 3.63) is 0 Å². The molecule has 5 nitrogen and oxygen atoms in total. The summed E-state index contributed by atoms with van der Waals surface area (Å²) in [7, 11) is 1.31. The van der Waals surface area contributed by atoms with Crippen molar-refractivity contribution in [1.29, 1.82) is 0 Å². The number of hydrogen-bond donors (Lipinski definition) is 2. The van der Waals surface area contributed by atoms with E-state index >= 15 is 0 Å². The fraction of sp³-hybridized carbons (Fsp3) is 0.333. The van der Waals surface area contributed by atoms with E-state index in [0.717, 1.165) is 0 Å². The molecule has 0 aromatic rings. The van der Waals surface area contributed by atoms with Crippen molar-refractivity contribution >= 4 is 12.6 Å². The van der Waals surface area contributed by atoms with Gasteiger partial charge in [0.15, 0.2) is 0 Å². The maximum Gasteiger partial charge on any atom is 0.402 e. The second kappa shape index (κ2) is 9.22. The van der Waals surface area contributed by atoms with Crippen LogP contribution in [0.1, 0.15) is 0 Å². The minimum atomic E-state index is -1.33. The van der Waals surface area contributed by atoms with Gasteiger partial charge in [-0.1, -0.05) is 0 Å². The predicted molar refractivity (Wildman–Crippen MR) is 25.3 cm³/mol. The van der Waals surface area contributed by atoms with E-state index in [1.54, 1.807) is 0 Å². The Labute approximate surface area is 46.0 Å². The molecule has 0 unspecified atom stereocenters. The molecule has 48 valence electrons. The van der Waals surface area contributed by atoms with Crippen molar-refractivity contribution in [3.63, 3.8) is 0 Å². The molecule has 0 aromatic carbocycles. The lowest BCUT2D eigenvalue weighted by Crippen LogP contribution is -2.03. The van der Waals surface area contributed by atoms with E-state index in [1.165, 1.54) is 7.11 Å². The molecule has 0 aliphatic rings. The third kappa shape index (κ3) is 981. The van der Waals surface area contributed by atoms with Crippen LogP contribution in [0.2, 0.25) is 0 Å². The molecule has 8 heavy (non-hydrogen) atoms. The van der Waals surface area contributed by atoms with Crippen LogP contribution in [0.3, 0.4) is 0 Å². The van der Waals surface area contributed by atoms with E-state index in [9.17, 15) is 0 Å². The Morgan fingerprint density at radius 1 is 1.88 bits per heavy atom. The van der Waals surface area contributed by atoms with Crippen LogP contribution in [-0.4, -0.2) is 24.8 Å². The van der Waals surface area contributed by atoms with Crippen LogP contribution in [0.4, 0.5) is 4.79 Å². The first-order valence-corrected chi connectivity index (χ1v) is 1.60. The third-order valence-corrected chi connectivity index (χ3v) is 0.0962. The average molecular weight is 121 g/mol. The molecule has 0 saturated carbocycles. The van der Waals surface area contributed by atoms with Crippen LogP contribution in [0.25, 0.3) is 0 Å². The molecule has 0 heterocycles. The number of carbonyl (C=O) groups excluding carboxylic acids is 1. The van der Waals surface area contributed by atoms with Crippen molar-refractivity contribution in [3.8, 4) is 0 Å². The standard InChI is InChI=1S/C2H4O2.CH3NO2/c1-4-2-3;2-1(3)4/h2H,1H3;2H2,(H,3,4). The molecule has 1 amide bonds. The zero-order valence-electron chi connectivity index (χ0n) is 4.33. The minimum Gasteiger partial charge on any atom is -0.471 e. The Hall–Kier alpha value is -1.26. The van der Waals surface area contributed by atoms with E-state index in [4.69, 9.17) is 14.7 Å². The first-order valence-electron chi connectivity index (χ1n) is 1.60. The fourth-order valence-corrected chi connectivity index (χ4v) is 0. The highest BCUT2D eigenvalue weighted by Gasteiger charge is 1.65. The lowest BCUT2D eigenvalue weighted by atomic mass is 11.3. The topological polar surface area (TPSA) is 89.6 Å². The zero-order valence-corrected chi connectivity index (χ0v) is 4.33. The van der Waals surface area contributed by atoms with Crippen LogP contribution < -0.4 is 5.73 Å². The highest BCUT2D eigenvalue weighted by Crippen LogP contribution is 1.35. The number of carbonyl (C=O) groups is 2. The van der Waals surface area contributed by atoms with Gasteiger partial charge < -0.3 is 15.6 Å². The molecule has 3 N–H and O–H groups in total. The van der Waals surface area contributed by atoms with Gasteiger partial charge in [-0.3, -0.25) is 4.79 Å². The van der Waals surface area contributed by atoms with Gasteiger partial charge in [0.05, 0.1) is 7.11 Å².